The Morgan fingerprint density at radius 1 is 1.05 bits per heavy atom. The number of fused-ring (bicyclic) bond motifs is 1. The van der Waals surface area contributed by atoms with E-state index >= 15 is 0 Å². The molecule has 0 aromatic heterocycles. The van der Waals surface area contributed by atoms with Gasteiger partial charge in [-0.05, 0) is 24.6 Å². The van der Waals surface area contributed by atoms with Crippen LogP contribution < -0.4 is 0 Å². The summed E-state index contributed by atoms with van der Waals surface area (Å²) in [6.07, 6.45) is -4.25. The second-order valence-electron chi connectivity index (χ2n) is 5.17. The molecule has 6 atom stereocenters. The average molecular weight is 282 g/mol. The molecule has 1 aromatic carbocycles. The number of aliphatic hydroxyl groups excluding tert-OH is 2. The first-order valence-electron chi connectivity index (χ1n) is 6.64. The van der Waals surface area contributed by atoms with Crippen molar-refractivity contribution in [1.29, 1.82) is 0 Å². The third kappa shape index (κ3) is 2.41. The highest BCUT2D eigenvalue weighted by Crippen LogP contribution is 2.36. The number of phenolic OH excluding ortho intramolecular Hbond substituents is 1. The van der Waals surface area contributed by atoms with E-state index in [9.17, 15) is 15.3 Å². The standard InChI is InChI=1S/C14H18O6/c1-7-18-6-10-14(19-7)12(17)11(16)13(20-10)8-2-4-9(15)5-3-8/h2-5,7,10-17H,6H2,1H3. The molecule has 2 aliphatic heterocycles. The van der Waals surface area contributed by atoms with Crippen molar-refractivity contribution < 1.29 is 29.5 Å². The van der Waals surface area contributed by atoms with Gasteiger partial charge in [0.15, 0.2) is 6.29 Å². The number of phenols is 1. The highest BCUT2D eigenvalue weighted by molar-refractivity contribution is 5.28. The minimum Gasteiger partial charge on any atom is -0.508 e. The van der Waals surface area contributed by atoms with E-state index in [2.05, 4.69) is 0 Å². The molecule has 2 aliphatic rings. The lowest BCUT2D eigenvalue weighted by Crippen LogP contribution is -2.59. The number of aromatic hydroxyl groups is 1. The Balaban J connectivity index is 1.82. The fraction of sp³-hybridized carbons (Fsp3) is 0.571. The van der Waals surface area contributed by atoms with Crippen molar-refractivity contribution in [3.8, 4) is 5.75 Å². The Kier molecular flexibility index (Phi) is 3.66. The Bertz CT molecular complexity index is 459. The third-order valence-corrected chi connectivity index (χ3v) is 3.75. The average Bonchev–Trinajstić information content (AvgIpc) is 2.44. The van der Waals surface area contributed by atoms with Crippen LogP contribution in [0, 0.1) is 0 Å². The van der Waals surface area contributed by atoms with Gasteiger partial charge in [-0.3, -0.25) is 0 Å². The molecule has 110 valence electrons. The molecule has 6 nitrogen and oxygen atoms in total. The maximum absolute atomic E-state index is 10.2. The lowest BCUT2D eigenvalue weighted by molar-refractivity contribution is -0.322. The number of benzene rings is 1. The van der Waals surface area contributed by atoms with E-state index in [1.165, 1.54) is 12.1 Å². The van der Waals surface area contributed by atoms with E-state index < -0.39 is 36.8 Å². The summed E-state index contributed by atoms with van der Waals surface area (Å²) < 4.78 is 16.6. The van der Waals surface area contributed by atoms with Crippen LogP contribution >= 0.6 is 0 Å². The van der Waals surface area contributed by atoms with Gasteiger partial charge < -0.3 is 29.5 Å². The maximum Gasteiger partial charge on any atom is 0.155 e. The van der Waals surface area contributed by atoms with Gasteiger partial charge in [0.05, 0.1) is 6.61 Å². The highest BCUT2D eigenvalue weighted by atomic mass is 16.7. The second-order valence-corrected chi connectivity index (χ2v) is 5.17. The topological polar surface area (TPSA) is 88.4 Å². The van der Waals surface area contributed by atoms with Gasteiger partial charge in [0.1, 0.15) is 36.3 Å². The molecular weight excluding hydrogens is 264 g/mol. The molecule has 0 spiro atoms. The zero-order valence-electron chi connectivity index (χ0n) is 11.0. The molecule has 3 N–H and O–H groups in total. The summed E-state index contributed by atoms with van der Waals surface area (Å²) in [6, 6.07) is 6.34. The van der Waals surface area contributed by atoms with Crippen LogP contribution in [0.5, 0.6) is 5.75 Å². The summed E-state index contributed by atoms with van der Waals surface area (Å²) in [5.41, 5.74) is 0.687. The fourth-order valence-electron chi connectivity index (χ4n) is 2.67. The van der Waals surface area contributed by atoms with Crippen LogP contribution in [0.3, 0.4) is 0 Å². The smallest absolute Gasteiger partial charge is 0.155 e. The fourth-order valence-corrected chi connectivity index (χ4v) is 2.67. The van der Waals surface area contributed by atoms with E-state index in [4.69, 9.17) is 14.2 Å². The molecule has 6 heteroatoms. The van der Waals surface area contributed by atoms with Crippen LogP contribution in [-0.4, -0.2) is 52.6 Å². The van der Waals surface area contributed by atoms with Crippen LogP contribution in [0.4, 0.5) is 0 Å². The number of hydrogen-bond donors (Lipinski definition) is 3. The van der Waals surface area contributed by atoms with E-state index in [1.807, 2.05) is 0 Å². The molecule has 1 aromatic rings. The molecule has 0 aliphatic carbocycles. The summed E-state index contributed by atoms with van der Waals surface area (Å²) in [7, 11) is 0. The molecule has 0 radical (unpaired) electrons. The van der Waals surface area contributed by atoms with Gasteiger partial charge in [-0.25, -0.2) is 0 Å². The predicted molar refractivity (Wildman–Crippen MR) is 68.0 cm³/mol. The summed E-state index contributed by atoms with van der Waals surface area (Å²) in [4.78, 5) is 0. The molecule has 3 rings (SSSR count). The first kappa shape index (κ1) is 13.8. The molecule has 2 saturated heterocycles. The van der Waals surface area contributed by atoms with Crippen molar-refractivity contribution >= 4 is 0 Å². The lowest BCUT2D eigenvalue weighted by atomic mass is 9.91. The molecule has 0 amide bonds. The van der Waals surface area contributed by atoms with Gasteiger partial charge in [0, 0.05) is 0 Å². The molecule has 6 unspecified atom stereocenters. The number of hydrogen-bond acceptors (Lipinski definition) is 6. The molecule has 2 fully saturated rings. The van der Waals surface area contributed by atoms with Gasteiger partial charge in [0.2, 0.25) is 0 Å². The normalized spacial score (nSPS) is 41.1. The number of ether oxygens (including phenoxy) is 3. The van der Waals surface area contributed by atoms with Crippen molar-refractivity contribution in [3.05, 3.63) is 29.8 Å². The Hall–Kier alpha value is -1.18. The van der Waals surface area contributed by atoms with Crippen LogP contribution in [0.15, 0.2) is 24.3 Å². The van der Waals surface area contributed by atoms with E-state index in [-0.39, 0.29) is 5.75 Å². The monoisotopic (exact) mass is 282 g/mol. The Labute approximate surface area is 116 Å². The molecule has 2 heterocycles. The van der Waals surface area contributed by atoms with Crippen LogP contribution in [0.2, 0.25) is 0 Å². The van der Waals surface area contributed by atoms with Crippen molar-refractivity contribution in [3.63, 3.8) is 0 Å². The van der Waals surface area contributed by atoms with E-state index in [0.29, 0.717) is 12.2 Å². The van der Waals surface area contributed by atoms with Crippen LogP contribution in [0.1, 0.15) is 18.6 Å². The maximum atomic E-state index is 10.2. The SMILES string of the molecule is CC1OCC2OC(c3ccc(O)cc3)C(O)C(O)C2O1. The summed E-state index contributed by atoms with van der Waals surface area (Å²) >= 11 is 0. The zero-order chi connectivity index (χ0) is 14.3. The van der Waals surface area contributed by atoms with Gasteiger partial charge >= 0.3 is 0 Å². The Morgan fingerprint density at radius 3 is 2.45 bits per heavy atom. The van der Waals surface area contributed by atoms with Crippen LogP contribution in [0.25, 0.3) is 0 Å². The summed E-state index contributed by atoms with van der Waals surface area (Å²) in [5, 5.41) is 29.7. The largest absolute Gasteiger partial charge is 0.508 e. The van der Waals surface area contributed by atoms with Crippen molar-refractivity contribution in [2.45, 2.75) is 43.7 Å². The second kappa shape index (κ2) is 5.31. The van der Waals surface area contributed by atoms with Gasteiger partial charge in [0.25, 0.3) is 0 Å². The van der Waals surface area contributed by atoms with E-state index in [0.717, 1.165) is 0 Å². The van der Waals surface area contributed by atoms with Crippen LogP contribution in [-0.2, 0) is 14.2 Å². The van der Waals surface area contributed by atoms with Crippen molar-refractivity contribution in [2.24, 2.45) is 0 Å². The van der Waals surface area contributed by atoms with E-state index in [1.54, 1.807) is 19.1 Å². The first-order valence-corrected chi connectivity index (χ1v) is 6.64. The van der Waals surface area contributed by atoms with Crippen molar-refractivity contribution in [2.75, 3.05) is 6.61 Å². The van der Waals surface area contributed by atoms with Gasteiger partial charge in [-0.15, -0.1) is 0 Å². The quantitative estimate of drug-likeness (QED) is 0.687. The minimum atomic E-state index is -1.09. The molecule has 20 heavy (non-hydrogen) atoms. The zero-order valence-corrected chi connectivity index (χ0v) is 11.0. The van der Waals surface area contributed by atoms with Gasteiger partial charge in [-0.1, -0.05) is 12.1 Å². The lowest BCUT2D eigenvalue weighted by Gasteiger charge is -2.46. The van der Waals surface area contributed by atoms with Gasteiger partial charge in [-0.2, -0.15) is 0 Å². The molecule has 0 saturated carbocycles. The number of aliphatic hydroxyl groups is 2. The predicted octanol–water partition coefficient (Wildman–Crippen LogP) is 0.315. The molecule has 0 bridgehead atoms. The number of rotatable bonds is 1. The van der Waals surface area contributed by atoms with Crippen molar-refractivity contribution in [1.82, 2.24) is 0 Å². The molecular formula is C14H18O6. The third-order valence-electron chi connectivity index (χ3n) is 3.75. The summed E-state index contributed by atoms with van der Waals surface area (Å²) in [5.74, 6) is 0.135. The first-order chi connectivity index (χ1) is 9.56. The summed E-state index contributed by atoms with van der Waals surface area (Å²) in [6.45, 7) is 2.05. The highest BCUT2D eigenvalue weighted by Gasteiger charge is 2.48. The minimum absolute atomic E-state index is 0.135. The Morgan fingerprint density at radius 2 is 1.75 bits per heavy atom.